The second-order valence-electron chi connectivity index (χ2n) is 8.17. The molecule has 1 unspecified atom stereocenters. The average molecular weight is 350 g/mol. The smallest absolute Gasteiger partial charge is 0.133 e. The van der Waals surface area contributed by atoms with E-state index in [2.05, 4.69) is 20.8 Å². The molecule has 0 aromatic heterocycles. The largest absolute Gasteiger partial charge is 0.507 e. The van der Waals surface area contributed by atoms with Crippen molar-refractivity contribution < 1.29 is 13.9 Å². The third kappa shape index (κ3) is 4.13. The van der Waals surface area contributed by atoms with Gasteiger partial charge < -0.3 is 5.11 Å². The van der Waals surface area contributed by atoms with Gasteiger partial charge in [0.2, 0.25) is 0 Å². The molecule has 130 valence electrons. The lowest BCUT2D eigenvalue weighted by Crippen LogP contribution is -2.21. The normalized spacial score (nSPS) is 13.0. The van der Waals surface area contributed by atoms with Gasteiger partial charge >= 0.3 is 0 Å². The van der Waals surface area contributed by atoms with Crippen molar-refractivity contribution in [2.45, 2.75) is 52.4 Å². The molecule has 1 atom stereocenters. The second kappa shape index (κ2) is 6.44. The van der Waals surface area contributed by atoms with Gasteiger partial charge in [0, 0.05) is 22.2 Å². The number of phenols is 1. The zero-order valence-electron chi connectivity index (χ0n) is 15.1. The fraction of sp³-hybridized carbons (Fsp3) is 0.400. The van der Waals surface area contributed by atoms with E-state index in [0.29, 0.717) is 10.6 Å². The van der Waals surface area contributed by atoms with Crippen LogP contribution in [-0.4, -0.2) is 5.11 Å². The Morgan fingerprint density at radius 3 is 1.96 bits per heavy atom. The summed E-state index contributed by atoms with van der Waals surface area (Å²) in [5.41, 5.74) is 1.62. The summed E-state index contributed by atoms with van der Waals surface area (Å²) in [4.78, 5) is 0. The quantitative estimate of drug-likeness (QED) is 0.764. The van der Waals surface area contributed by atoms with E-state index < -0.39 is 11.6 Å². The van der Waals surface area contributed by atoms with Gasteiger partial charge in [-0.05, 0) is 34.6 Å². The van der Waals surface area contributed by atoms with Gasteiger partial charge in [-0.3, -0.25) is 0 Å². The van der Waals surface area contributed by atoms with Crippen molar-refractivity contribution in [1.82, 2.24) is 0 Å². The Morgan fingerprint density at radius 1 is 0.833 bits per heavy atom. The Morgan fingerprint density at radius 2 is 1.46 bits per heavy atom. The first-order valence-corrected chi connectivity index (χ1v) is 8.99. The van der Waals surface area contributed by atoms with Crippen LogP contribution in [0.2, 0.25) is 0 Å². The van der Waals surface area contributed by atoms with Crippen LogP contribution in [0.15, 0.2) is 30.3 Å². The Labute approximate surface area is 144 Å². The molecular formula is C20H25F2OP. The maximum absolute atomic E-state index is 14.0. The maximum atomic E-state index is 14.0. The lowest BCUT2D eigenvalue weighted by Gasteiger charge is -2.27. The van der Waals surface area contributed by atoms with Crippen LogP contribution in [0.25, 0.3) is 0 Å². The van der Waals surface area contributed by atoms with E-state index in [0.717, 1.165) is 17.2 Å². The highest BCUT2D eigenvalue weighted by Gasteiger charge is 2.25. The standard InChI is InChI=1S/C20H25F2OP/c1-19(2,3)12-9-14(20(4,5)6)18(23)17(10-12)24-16-8-7-13(21)11-15(16)22/h7-11,23-24H,1-6H3. The van der Waals surface area contributed by atoms with Crippen molar-refractivity contribution >= 4 is 19.2 Å². The molecule has 2 aromatic carbocycles. The highest BCUT2D eigenvalue weighted by atomic mass is 31.1. The highest BCUT2D eigenvalue weighted by molar-refractivity contribution is 7.55. The third-order valence-electron chi connectivity index (χ3n) is 3.98. The second-order valence-corrected chi connectivity index (χ2v) is 9.50. The molecule has 0 fully saturated rings. The molecule has 4 heteroatoms. The predicted octanol–water partition coefficient (Wildman–Crippen LogP) is 4.89. The molecule has 0 spiro atoms. The minimum Gasteiger partial charge on any atom is -0.507 e. The van der Waals surface area contributed by atoms with Gasteiger partial charge in [0.25, 0.3) is 0 Å². The summed E-state index contributed by atoms with van der Waals surface area (Å²) in [7, 11) is -0.0700. The van der Waals surface area contributed by atoms with Gasteiger partial charge in [-0.25, -0.2) is 8.78 Å². The predicted molar refractivity (Wildman–Crippen MR) is 99.4 cm³/mol. The van der Waals surface area contributed by atoms with Crippen LogP contribution in [0.3, 0.4) is 0 Å². The van der Waals surface area contributed by atoms with Gasteiger partial charge in [-0.1, -0.05) is 56.2 Å². The van der Waals surface area contributed by atoms with E-state index in [1.165, 1.54) is 12.1 Å². The summed E-state index contributed by atoms with van der Waals surface area (Å²) in [6.45, 7) is 12.4. The number of aromatic hydroxyl groups is 1. The van der Waals surface area contributed by atoms with Crippen molar-refractivity contribution in [3.05, 3.63) is 53.1 Å². The zero-order chi connectivity index (χ0) is 18.3. The van der Waals surface area contributed by atoms with E-state index in [4.69, 9.17) is 0 Å². The molecule has 0 aliphatic carbocycles. The molecule has 0 bridgehead atoms. The van der Waals surface area contributed by atoms with Crippen LogP contribution in [0.4, 0.5) is 8.78 Å². The number of halogens is 2. The number of phenolic OH excluding ortho intramolecular Hbond substituents is 1. The Hall–Kier alpha value is -1.47. The summed E-state index contributed by atoms with van der Waals surface area (Å²) in [5.74, 6) is -0.965. The summed E-state index contributed by atoms with van der Waals surface area (Å²) in [5, 5.41) is 11.8. The van der Waals surface area contributed by atoms with Crippen molar-refractivity contribution in [3.63, 3.8) is 0 Å². The van der Waals surface area contributed by atoms with Crippen LogP contribution in [0.1, 0.15) is 52.7 Å². The van der Waals surface area contributed by atoms with Crippen molar-refractivity contribution in [1.29, 1.82) is 0 Å². The number of rotatable bonds is 2. The molecule has 1 N–H and O–H groups in total. The third-order valence-corrected chi connectivity index (χ3v) is 5.31. The molecule has 2 rings (SSSR count). The van der Waals surface area contributed by atoms with Crippen LogP contribution in [0.5, 0.6) is 5.75 Å². The van der Waals surface area contributed by atoms with Crippen LogP contribution >= 0.6 is 8.58 Å². The minimum absolute atomic E-state index is 0.0700. The van der Waals surface area contributed by atoms with Gasteiger partial charge in [-0.2, -0.15) is 0 Å². The number of benzene rings is 2. The zero-order valence-corrected chi connectivity index (χ0v) is 16.1. The molecule has 1 nitrogen and oxygen atoms in total. The van der Waals surface area contributed by atoms with Gasteiger partial charge in [0.05, 0.1) is 0 Å². The monoisotopic (exact) mass is 350 g/mol. The summed E-state index contributed by atoms with van der Waals surface area (Å²) in [6, 6.07) is 7.55. The van der Waals surface area contributed by atoms with Gasteiger partial charge in [0.1, 0.15) is 17.4 Å². The average Bonchev–Trinajstić information content (AvgIpc) is 2.41. The Balaban J connectivity index is 2.60. The van der Waals surface area contributed by atoms with E-state index >= 15 is 0 Å². The molecule has 0 aliphatic rings. The lowest BCUT2D eigenvalue weighted by molar-refractivity contribution is 0.449. The van der Waals surface area contributed by atoms with Gasteiger partial charge in [-0.15, -0.1) is 0 Å². The molecular weight excluding hydrogens is 325 g/mol. The number of hydrogen-bond donors (Lipinski definition) is 1. The molecule has 0 radical (unpaired) electrons. The first kappa shape index (κ1) is 18.9. The minimum atomic E-state index is -0.593. The first-order valence-electron chi connectivity index (χ1n) is 7.99. The van der Waals surface area contributed by atoms with Crippen LogP contribution < -0.4 is 10.6 Å². The fourth-order valence-electron chi connectivity index (χ4n) is 2.47. The van der Waals surface area contributed by atoms with E-state index in [1.807, 2.05) is 32.9 Å². The maximum Gasteiger partial charge on any atom is 0.133 e. The topological polar surface area (TPSA) is 20.2 Å². The van der Waals surface area contributed by atoms with Crippen molar-refractivity contribution in [2.75, 3.05) is 0 Å². The summed E-state index contributed by atoms with van der Waals surface area (Å²) < 4.78 is 27.1. The Kier molecular flexibility index (Phi) is 5.06. The van der Waals surface area contributed by atoms with E-state index in [1.54, 1.807) is 0 Å². The highest BCUT2D eigenvalue weighted by Crippen LogP contribution is 2.36. The molecule has 2 aromatic rings. The molecule has 0 heterocycles. The van der Waals surface area contributed by atoms with Crippen LogP contribution in [-0.2, 0) is 10.8 Å². The van der Waals surface area contributed by atoms with Crippen molar-refractivity contribution in [2.24, 2.45) is 0 Å². The molecule has 0 saturated heterocycles. The van der Waals surface area contributed by atoms with Crippen LogP contribution in [0, 0.1) is 11.6 Å². The molecule has 0 saturated carbocycles. The Bertz CT molecular complexity index is 755. The first-order chi connectivity index (χ1) is 10.9. The summed E-state index contributed by atoms with van der Waals surface area (Å²) in [6.07, 6.45) is 0. The molecule has 24 heavy (non-hydrogen) atoms. The van der Waals surface area contributed by atoms with E-state index in [9.17, 15) is 13.9 Å². The SMILES string of the molecule is CC(C)(C)c1cc(Pc2ccc(F)cc2F)c(O)c(C(C)(C)C)c1. The molecule has 0 amide bonds. The lowest BCUT2D eigenvalue weighted by atomic mass is 9.80. The fourth-order valence-corrected chi connectivity index (χ4v) is 3.60. The van der Waals surface area contributed by atoms with Gasteiger partial charge in [0.15, 0.2) is 0 Å². The number of hydrogen-bond acceptors (Lipinski definition) is 1. The summed E-state index contributed by atoms with van der Waals surface area (Å²) >= 11 is 0. The van der Waals surface area contributed by atoms with Crippen molar-refractivity contribution in [3.8, 4) is 5.75 Å². The molecule has 0 aliphatic heterocycles. The van der Waals surface area contributed by atoms with E-state index in [-0.39, 0.29) is 25.2 Å².